The van der Waals surface area contributed by atoms with Crippen molar-refractivity contribution in [1.29, 1.82) is 0 Å². The quantitative estimate of drug-likeness (QED) is 0.762. The van der Waals surface area contributed by atoms with Crippen molar-refractivity contribution >= 4 is 28.9 Å². The van der Waals surface area contributed by atoms with Gasteiger partial charge in [-0.25, -0.2) is 0 Å². The molecule has 2 aromatic rings. The molecule has 29 heavy (non-hydrogen) atoms. The van der Waals surface area contributed by atoms with E-state index < -0.39 is 0 Å². The fraction of sp³-hybridized carbons (Fsp3) is 0.375. The largest absolute Gasteiger partial charge is 0.395 e. The zero-order valence-corrected chi connectivity index (χ0v) is 17.7. The van der Waals surface area contributed by atoms with Gasteiger partial charge in [-0.3, -0.25) is 4.79 Å². The minimum Gasteiger partial charge on any atom is -0.395 e. The van der Waals surface area contributed by atoms with E-state index in [1.165, 1.54) is 27.1 Å². The first-order valence-corrected chi connectivity index (χ1v) is 11.2. The van der Waals surface area contributed by atoms with Crippen molar-refractivity contribution in [2.45, 2.75) is 25.7 Å². The molecule has 0 atom stereocenters. The number of likely N-dealkylation sites (tertiary alicyclic amines) is 1. The van der Waals surface area contributed by atoms with Crippen molar-refractivity contribution in [3.63, 3.8) is 0 Å². The van der Waals surface area contributed by atoms with Gasteiger partial charge in [-0.2, -0.15) is 0 Å². The molecule has 152 valence electrons. The van der Waals surface area contributed by atoms with Crippen molar-refractivity contribution in [2.75, 3.05) is 33.3 Å². The average Bonchev–Trinajstić information content (AvgIpc) is 3.07. The van der Waals surface area contributed by atoms with E-state index in [1.807, 2.05) is 6.08 Å². The highest BCUT2D eigenvalue weighted by Gasteiger charge is 2.24. The molecule has 1 fully saturated rings. The third-order valence-electron chi connectivity index (χ3n) is 5.76. The summed E-state index contributed by atoms with van der Waals surface area (Å²) in [6.45, 7) is 2.46. The highest BCUT2D eigenvalue weighted by Crippen LogP contribution is 2.42. The van der Waals surface area contributed by atoms with Gasteiger partial charge in [0.05, 0.1) is 6.61 Å². The molecule has 0 spiro atoms. The van der Waals surface area contributed by atoms with E-state index in [0.717, 1.165) is 43.6 Å². The number of aryl methyl sites for hydroxylation is 2. The van der Waals surface area contributed by atoms with E-state index in [0.29, 0.717) is 0 Å². The molecule has 2 heterocycles. The first-order valence-electron chi connectivity index (χ1n) is 10.3. The minimum atomic E-state index is -0.165. The Kier molecular flexibility index (Phi) is 6.28. The second kappa shape index (κ2) is 9.08. The summed E-state index contributed by atoms with van der Waals surface area (Å²) in [4.78, 5) is 16.8. The van der Waals surface area contributed by atoms with E-state index in [4.69, 9.17) is 5.11 Å². The van der Waals surface area contributed by atoms with Crippen LogP contribution in [0.4, 0.5) is 0 Å². The number of carbonyl (C=O) groups excluding carboxylic acids is 1. The summed E-state index contributed by atoms with van der Waals surface area (Å²) in [6.07, 6.45) is 7.78. The average molecular weight is 409 g/mol. The smallest absolute Gasteiger partial charge is 0.244 e. The number of hydrogen-bond donors (Lipinski definition) is 2. The summed E-state index contributed by atoms with van der Waals surface area (Å²) in [6, 6.07) is 11.1. The van der Waals surface area contributed by atoms with Crippen LogP contribution in [0.25, 0.3) is 11.6 Å². The first-order chi connectivity index (χ1) is 14.2. The molecule has 1 aliphatic carbocycles. The van der Waals surface area contributed by atoms with Crippen LogP contribution in [0.1, 0.15) is 39.3 Å². The van der Waals surface area contributed by atoms with Gasteiger partial charge in [-0.1, -0.05) is 29.8 Å². The maximum absolute atomic E-state index is 11.9. The van der Waals surface area contributed by atoms with Gasteiger partial charge in [0, 0.05) is 35.5 Å². The van der Waals surface area contributed by atoms with E-state index in [1.54, 1.807) is 23.0 Å². The molecule has 5 heteroatoms. The van der Waals surface area contributed by atoms with Crippen LogP contribution < -0.4 is 5.32 Å². The lowest BCUT2D eigenvalue weighted by atomic mass is 9.90. The number of rotatable bonds is 4. The number of fused-ring (bicyclic) bond motifs is 2. The van der Waals surface area contributed by atoms with E-state index >= 15 is 0 Å². The fourth-order valence-corrected chi connectivity index (χ4v) is 5.41. The maximum Gasteiger partial charge on any atom is 0.244 e. The number of nitrogens with one attached hydrogen (secondary N) is 1. The van der Waals surface area contributed by atoms with Gasteiger partial charge in [0.1, 0.15) is 0 Å². The molecule has 1 saturated heterocycles. The number of aliphatic hydroxyl groups excluding tert-OH is 1. The van der Waals surface area contributed by atoms with Crippen molar-refractivity contribution in [3.8, 4) is 0 Å². The second-order valence-electron chi connectivity index (χ2n) is 7.79. The monoisotopic (exact) mass is 408 g/mol. The number of carbonyl (C=O) groups is 1. The lowest BCUT2D eigenvalue weighted by Crippen LogP contribution is -2.26. The van der Waals surface area contributed by atoms with Crippen molar-refractivity contribution in [2.24, 2.45) is 0 Å². The summed E-state index contributed by atoms with van der Waals surface area (Å²) in [5.74, 6) is -0.165. The van der Waals surface area contributed by atoms with Gasteiger partial charge in [-0.05, 0) is 67.1 Å². The molecule has 4 nitrogen and oxygen atoms in total. The lowest BCUT2D eigenvalue weighted by Gasteiger charge is -2.27. The molecular weight excluding hydrogens is 380 g/mol. The Bertz CT molecular complexity index is 948. The zero-order valence-electron chi connectivity index (χ0n) is 16.9. The van der Waals surface area contributed by atoms with Crippen molar-refractivity contribution in [1.82, 2.24) is 10.2 Å². The first kappa shape index (κ1) is 20.1. The Morgan fingerprint density at radius 2 is 1.93 bits per heavy atom. The predicted octanol–water partition coefficient (Wildman–Crippen LogP) is 3.50. The Labute approximate surface area is 176 Å². The van der Waals surface area contributed by atoms with Gasteiger partial charge in [0.15, 0.2) is 0 Å². The molecule has 1 aromatic carbocycles. The second-order valence-corrected chi connectivity index (χ2v) is 8.87. The number of piperidine rings is 1. The molecule has 0 bridgehead atoms. The molecule has 0 radical (unpaired) electrons. The molecule has 0 unspecified atom stereocenters. The normalized spacial score (nSPS) is 17.2. The van der Waals surface area contributed by atoms with Crippen LogP contribution in [0.15, 0.2) is 42.0 Å². The third kappa shape index (κ3) is 4.53. The fourth-order valence-electron chi connectivity index (χ4n) is 4.19. The van der Waals surface area contributed by atoms with Gasteiger partial charge in [0.2, 0.25) is 5.91 Å². The highest BCUT2D eigenvalue weighted by atomic mass is 32.1. The van der Waals surface area contributed by atoms with Crippen molar-refractivity contribution in [3.05, 3.63) is 68.4 Å². The number of amides is 1. The Morgan fingerprint density at radius 3 is 2.72 bits per heavy atom. The number of nitrogens with zero attached hydrogens (tertiary/aromatic N) is 1. The summed E-state index contributed by atoms with van der Waals surface area (Å²) in [5.41, 5.74) is 7.23. The number of benzene rings is 1. The number of hydrogen-bond acceptors (Lipinski definition) is 4. The molecule has 2 aliphatic rings. The zero-order chi connectivity index (χ0) is 20.2. The molecule has 2 N–H and O–H groups in total. The number of thiophene rings is 1. The van der Waals surface area contributed by atoms with Crippen molar-refractivity contribution < 1.29 is 9.90 Å². The Morgan fingerprint density at radius 1 is 1.17 bits per heavy atom. The third-order valence-corrected chi connectivity index (χ3v) is 6.92. The van der Waals surface area contributed by atoms with Gasteiger partial charge >= 0.3 is 0 Å². The van der Waals surface area contributed by atoms with Crippen LogP contribution in [0, 0.1) is 0 Å². The molecule has 4 rings (SSSR count). The summed E-state index contributed by atoms with van der Waals surface area (Å²) in [7, 11) is 2.20. The van der Waals surface area contributed by atoms with E-state index in [-0.39, 0.29) is 19.1 Å². The van der Waals surface area contributed by atoms with Crippen LogP contribution in [0.2, 0.25) is 0 Å². The van der Waals surface area contributed by atoms with Crippen LogP contribution in [-0.4, -0.2) is 49.2 Å². The Hall–Kier alpha value is -2.21. The van der Waals surface area contributed by atoms with Crippen LogP contribution in [0.5, 0.6) is 0 Å². The van der Waals surface area contributed by atoms with Gasteiger partial charge < -0.3 is 15.3 Å². The summed E-state index contributed by atoms with van der Waals surface area (Å²) in [5, 5.41) is 11.5. The summed E-state index contributed by atoms with van der Waals surface area (Å²) < 4.78 is 0. The predicted molar refractivity (Wildman–Crippen MR) is 120 cm³/mol. The maximum atomic E-state index is 11.9. The number of aliphatic hydroxyl groups is 1. The summed E-state index contributed by atoms with van der Waals surface area (Å²) >= 11 is 1.79. The minimum absolute atomic E-state index is 0.0432. The standard InChI is InChI=1S/C24H28N2O2S/c1-26-13-10-18(11-14-26)23-21-5-3-2-4-17(21)6-7-19-16-20(29-24(19)23)8-9-22(28)25-12-15-27/h2-5,8-9,16,27H,6-7,10-15H2,1H3,(H,25,28). The Balaban J connectivity index is 1.72. The molecule has 1 aliphatic heterocycles. The van der Waals surface area contributed by atoms with Gasteiger partial charge in [0.25, 0.3) is 0 Å². The van der Waals surface area contributed by atoms with Crippen LogP contribution in [-0.2, 0) is 17.6 Å². The molecule has 1 aromatic heterocycles. The van der Waals surface area contributed by atoms with Crippen LogP contribution in [0.3, 0.4) is 0 Å². The molecular formula is C24H28N2O2S. The lowest BCUT2D eigenvalue weighted by molar-refractivity contribution is -0.116. The highest BCUT2D eigenvalue weighted by molar-refractivity contribution is 7.14. The topological polar surface area (TPSA) is 52.6 Å². The van der Waals surface area contributed by atoms with Gasteiger partial charge in [-0.15, -0.1) is 11.3 Å². The molecule has 1 amide bonds. The SMILES string of the molecule is CN1CCC(=C2c3ccccc3CCc3cc(C=CC(=O)NCCO)sc32)CC1. The van der Waals surface area contributed by atoms with E-state index in [2.05, 4.69) is 47.6 Å². The molecule has 0 saturated carbocycles. The van der Waals surface area contributed by atoms with E-state index in [9.17, 15) is 4.79 Å². The van der Waals surface area contributed by atoms with Crippen LogP contribution >= 0.6 is 11.3 Å².